The minimum absolute atomic E-state index is 0.347. The Morgan fingerprint density at radius 2 is 1.89 bits per heavy atom. The molecule has 0 aromatic carbocycles. The van der Waals surface area contributed by atoms with E-state index >= 15 is 0 Å². The van der Waals surface area contributed by atoms with E-state index in [9.17, 15) is 0 Å². The summed E-state index contributed by atoms with van der Waals surface area (Å²) in [4.78, 5) is 8.93. The average Bonchev–Trinajstić information content (AvgIpc) is 2.76. The van der Waals surface area contributed by atoms with Crippen LogP contribution in [0.4, 0.5) is 11.6 Å². The van der Waals surface area contributed by atoms with Crippen LogP contribution in [-0.2, 0) is 0 Å². The van der Waals surface area contributed by atoms with Crippen LogP contribution in [-0.4, -0.2) is 19.7 Å². The van der Waals surface area contributed by atoms with Crippen LogP contribution in [0.3, 0.4) is 0 Å². The van der Waals surface area contributed by atoms with Crippen LogP contribution in [0.25, 0.3) is 0 Å². The summed E-state index contributed by atoms with van der Waals surface area (Å²) >= 11 is 0. The predicted octanol–water partition coefficient (Wildman–Crippen LogP) is 3.43. The van der Waals surface area contributed by atoms with Crippen molar-refractivity contribution in [2.75, 3.05) is 5.32 Å². The number of anilines is 2. The highest BCUT2D eigenvalue weighted by molar-refractivity contribution is 5.50. The Kier molecular flexibility index (Phi) is 3.83. The van der Waals surface area contributed by atoms with Gasteiger partial charge >= 0.3 is 0 Å². The van der Waals surface area contributed by atoms with Crippen molar-refractivity contribution in [2.24, 2.45) is 0 Å². The fourth-order valence-electron chi connectivity index (χ4n) is 1.76. The second kappa shape index (κ2) is 5.38. The van der Waals surface area contributed by atoms with E-state index in [1.54, 1.807) is 6.20 Å². The molecule has 0 aliphatic heterocycles. The molecule has 0 aliphatic carbocycles. The van der Waals surface area contributed by atoms with Crippen molar-refractivity contribution in [3.63, 3.8) is 0 Å². The Morgan fingerprint density at radius 3 is 2.47 bits per heavy atom. The molecule has 102 valence electrons. The number of aryl methyl sites for hydroxylation is 1. The highest BCUT2D eigenvalue weighted by Gasteiger charge is 2.07. The maximum atomic E-state index is 4.52. The zero-order valence-corrected chi connectivity index (χ0v) is 12.2. The maximum absolute atomic E-state index is 4.52. The second-order valence-corrected chi connectivity index (χ2v) is 5.34. The molecule has 0 amide bonds. The standard InChI is InChI=1S/C14H21N5/c1-9(2)13-6-11(5)16-14(18-13)17-12-7-15-19(8-12)10(3)4/h6-10H,1-5H3,(H,16,17,18). The van der Waals surface area contributed by atoms with Crippen LogP contribution in [0, 0.1) is 6.92 Å². The minimum Gasteiger partial charge on any atom is -0.321 e. The molecule has 0 radical (unpaired) electrons. The van der Waals surface area contributed by atoms with Gasteiger partial charge in [0.05, 0.1) is 11.9 Å². The largest absolute Gasteiger partial charge is 0.321 e. The summed E-state index contributed by atoms with van der Waals surface area (Å²) in [7, 11) is 0. The first kappa shape index (κ1) is 13.5. The first-order chi connectivity index (χ1) is 8.95. The molecule has 0 atom stereocenters. The van der Waals surface area contributed by atoms with Gasteiger partial charge in [-0.3, -0.25) is 4.68 Å². The van der Waals surface area contributed by atoms with E-state index in [-0.39, 0.29) is 0 Å². The molecule has 2 aromatic heterocycles. The monoisotopic (exact) mass is 259 g/mol. The van der Waals surface area contributed by atoms with Crippen LogP contribution >= 0.6 is 0 Å². The Hall–Kier alpha value is -1.91. The van der Waals surface area contributed by atoms with Gasteiger partial charge in [0.1, 0.15) is 0 Å². The molecule has 0 spiro atoms. The highest BCUT2D eigenvalue weighted by atomic mass is 15.3. The van der Waals surface area contributed by atoms with E-state index in [2.05, 4.69) is 48.1 Å². The fourth-order valence-corrected chi connectivity index (χ4v) is 1.76. The van der Waals surface area contributed by atoms with Crippen LogP contribution in [0.15, 0.2) is 18.5 Å². The summed E-state index contributed by atoms with van der Waals surface area (Å²) in [6.07, 6.45) is 3.76. The van der Waals surface area contributed by atoms with Crippen molar-refractivity contribution in [3.05, 3.63) is 29.8 Å². The first-order valence-corrected chi connectivity index (χ1v) is 6.62. The van der Waals surface area contributed by atoms with Crippen LogP contribution in [0.1, 0.15) is 51.0 Å². The van der Waals surface area contributed by atoms with Crippen molar-refractivity contribution in [3.8, 4) is 0 Å². The smallest absolute Gasteiger partial charge is 0.227 e. The molecule has 0 aliphatic rings. The van der Waals surface area contributed by atoms with E-state index < -0.39 is 0 Å². The summed E-state index contributed by atoms with van der Waals surface area (Å²) in [5.41, 5.74) is 2.93. The van der Waals surface area contributed by atoms with Gasteiger partial charge in [0.15, 0.2) is 0 Å². The van der Waals surface area contributed by atoms with E-state index in [1.165, 1.54) is 0 Å². The Bertz CT molecular complexity index is 557. The molecule has 2 aromatic rings. The molecule has 2 rings (SSSR count). The van der Waals surface area contributed by atoms with Gasteiger partial charge in [-0.05, 0) is 32.8 Å². The molecule has 19 heavy (non-hydrogen) atoms. The molecule has 5 heteroatoms. The Balaban J connectivity index is 2.22. The number of rotatable bonds is 4. The van der Waals surface area contributed by atoms with Gasteiger partial charge in [0, 0.05) is 23.6 Å². The van der Waals surface area contributed by atoms with Crippen molar-refractivity contribution in [2.45, 2.75) is 46.6 Å². The van der Waals surface area contributed by atoms with Gasteiger partial charge in [-0.15, -0.1) is 0 Å². The molecule has 0 saturated carbocycles. The molecule has 0 unspecified atom stereocenters. The van der Waals surface area contributed by atoms with Gasteiger partial charge in [-0.25, -0.2) is 9.97 Å². The highest BCUT2D eigenvalue weighted by Crippen LogP contribution is 2.18. The number of hydrogen-bond acceptors (Lipinski definition) is 4. The average molecular weight is 259 g/mol. The molecule has 5 nitrogen and oxygen atoms in total. The molecular formula is C14H21N5. The van der Waals surface area contributed by atoms with Gasteiger partial charge < -0.3 is 5.32 Å². The quantitative estimate of drug-likeness (QED) is 0.914. The Labute approximate surface area is 114 Å². The molecule has 0 bridgehead atoms. The number of hydrogen-bond donors (Lipinski definition) is 1. The Morgan fingerprint density at radius 1 is 1.16 bits per heavy atom. The minimum atomic E-state index is 0.347. The van der Waals surface area contributed by atoms with E-state index in [0.29, 0.717) is 17.9 Å². The number of nitrogens with zero attached hydrogens (tertiary/aromatic N) is 4. The van der Waals surface area contributed by atoms with Gasteiger partial charge in [-0.1, -0.05) is 13.8 Å². The van der Waals surface area contributed by atoms with Crippen molar-refractivity contribution < 1.29 is 0 Å². The predicted molar refractivity (Wildman–Crippen MR) is 76.8 cm³/mol. The maximum Gasteiger partial charge on any atom is 0.227 e. The molecule has 1 N–H and O–H groups in total. The molecule has 2 heterocycles. The zero-order valence-electron chi connectivity index (χ0n) is 12.2. The van der Waals surface area contributed by atoms with Crippen LogP contribution < -0.4 is 5.32 Å². The summed E-state index contributed by atoms with van der Waals surface area (Å²) in [5, 5.41) is 7.50. The lowest BCUT2D eigenvalue weighted by Crippen LogP contribution is -2.03. The zero-order chi connectivity index (χ0) is 14.0. The van der Waals surface area contributed by atoms with E-state index in [0.717, 1.165) is 17.1 Å². The van der Waals surface area contributed by atoms with E-state index in [4.69, 9.17) is 0 Å². The fraction of sp³-hybridized carbons (Fsp3) is 0.500. The summed E-state index contributed by atoms with van der Waals surface area (Å²) in [6.45, 7) is 10.4. The van der Waals surface area contributed by atoms with E-state index in [1.807, 2.05) is 23.9 Å². The third-order valence-corrected chi connectivity index (χ3v) is 2.85. The number of nitrogens with one attached hydrogen (secondary N) is 1. The number of aromatic nitrogens is 4. The molecule has 0 fully saturated rings. The molecule has 0 saturated heterocycles. The van der Waals surface area contributed by atoms with Gasteiger partial charge in [-0.2, -0.15) is 5.10 Å². The van der Waals surface area contributed by atoms with Crippen molar-refractivity contribution in [1.29, 1.82) is 0 Å². The molecular weight excluding hydrogens is 238 g/mol. The third-order valence-electron chi connectivity index (χ3n) is 2.85. The second-order valence-electron chi connectivity index (χ2n) is 5.34. The van der Waals surface area contributed by atoms with Crippen LogP contribution in [0.2, 0.25) is 0 Å². The third kappa shape index (κ3) is 3.30. The van der Waals surface area contributed by atoms with Gasteiger partial charge in [0.2, 0.25) is 5.95 Å². The topological polar surface area (TPSA) is 55.6 Å². The first-order valence-electron chi connectivity index (χ1n) is 6.62. The van der Waals surface area contributed by atoms with Gasteiger partial charge in [0.25, 0.3) is 0 Å². The lowest BCUT2D eigenvalue weighted by molar-refractivity contribution is 0.532. The van der Waals surface area contributed by atoms with Crippen molar-refractivity contribution in [1.82, 2.24) is 19.7 Å². The SMILES string of the molecule is Cc1cc(C(C)C)nc(Nc2cnn(C(C)C)c2)n1. The van der Waals surface area contributed by atoms with Crippen molar-refractivity contribution >= 4 is 11.6 Å². The summed E-state index contributed by atoms with van der Waals surface area (Å²) < 4.78 is 1.90. The lowest BCUT2D eigenvalue weighted by Gasteiger charge is -2.09. The summed E-state index contributed by atoms with van der Waals surface area (Å²) in [6, 6.07) is 2.37. The lowest BCUT2D eigenvalue weighted by atomic mass is 10.1. The normalized spacial score (nSPS) is 11.3. The summed E-state index contributed by atoms with van der Waals surface area (Å²) in [5.74, 6) is 1.02. The van der Waals surface area contributed by atoms with Crippen LogP contribution in [0.5, 0.6) is 0 Å².